The van der Waals surface area contributed by atoms with Crippen molar-refractivity contribution >= 4 is 11.6 Å². The van der Waals surface area contributed by atoms with Gasteiger partial charge in [-0.1, -0.05) is 24.2 Å². The number of ether oxygens (including phenoxy) is 1. The summed E-state index contributed by atoms with van der Waals surface area (Å²) in [5.74, 6) is 0.652. The molecule has 0 bridgehead atoms. The van der Waals surface area contributed by atoms with Gasteiger partial charge in [-0.15, -0.1) is 0 Å². The molecule has 1 aliphatic rings. The first-order chi connectivity index (χ1) is 9.63. The first-order valence-electron chi connectivity index (χ1n) is 6.81. The van der Waals surface area contributed by atoms with Crippen molar-refractivity contribution in [2.45, 2.75) is 38.8 Å². The fourth-order valence-corrected chi connectivity index (χ4v) is 1.93. The molecule has 1 aliphatic heterocycles. The highest BCUT2D eigenvalue weighted by molar-refractivity contribution is 6.04. The van der Waals surface area contributed by atoms with Crippen molar-refractivity contribution in [1.82, 2.24) is 5.32 Å². The molecular formula is C15H20N2O3. The van der Waals surface area contributed by atoms with Gasteiger partial charge in [0.05, 0.1) is 12.8 Å². The average molecular weight is 276 g/mol. The Hall–Kier alpha value is -2.04. The fraction of sp³-hybridized carbons (Fsp3) is 0.467. The highest BCUT2D eigenvalue weighted by Crippen LogP contribution is 2.20. The second-order valence-electron chi connectivity index (χ2n) is 4.89. The second kappa shape index (κ2) is 6.41. The van der Waals surface area contributed by atoms with Crippen molar-refractivity contribution < 1.29 is 14.4 Å². The van der Waals surface area contributed by atoms with Crippen molar-refractivity contribution in [3.05, 3.63) is 29.8 Å². The quantitative estimate of drug-likeness (QED) is 0.896. The van der Waals surface area contributed by atoms with E-state index in [4.69, 9.17) is 9.57 Å². The smallest absolute Gasteiger partial charge is 0.264 e. The van der Waals surface area contributed by atoms with Gasteiger partial charge in [0.2, 0.25) is 6.10 Å². The lowest BCUT2D eigenvalue weighted by Gasteiger charge is -2.14. The summed E-state index contributed by atoms with van der Waals surface area (Å²) < 4.78 is 5.18. The average Bonchev–Trinajstić information content (AvgIpc) is 2.97. The molecule has 1 heterocycles. The lowest BCUT2D eigenvalue weighted by Crippen LogP contribution is -2.39. The molecule has 1 aromatic carbocycles. The zero-order chi connectivity index (χ0) is 14.5. The van der Waals surface area contributed by atoms with Crippen LogP contribution in [-0.2, 0) is 9.63 Å². The van der Waals surface area contributed by atoms with E-state index in [0.29, 0.717) is 6.42 Å². The zero-order valence-electron chi connectivity index (χ0n) is 12.1. The van der Waals surface area contributed by atoms with E-state index in [1.54, 1.807) is 7.11 Å². The molecule has 0 aromatic heterocycles. The number of carbonyl (C=O) groups excluding carboxylic acids is 1. The van der Waals surface area contributed by atoms with Gasteiger partial charge in [-0.25, -0.2) is 0 Å². The number of nitrogens with zero attached hydrogens (tertiary/aromatic N) is 1. The number of nitrogens with one attached hydrogen (secondary N) is 1. The Balaban J connectivity index is 1.99. The van der Waals surface area contributed by atoms with Crippen LogP contribution in [0.15, 0.2) is 29.4 Å². The predicted octanol–water partition coefficient (Wildman–Crippen LogP) is 2.10. The highest BCUT2D eigenvalue weighted by Gasteiger charge is 2.29. The first-order valence-corrected chi connectivity index (χ1v) is 6.81. The van der Waals surface area contributed by atoms with Crippen LogP contribution in [0.1, 0.15) is 32.3 Å². The third-order valence-electron chi connectivity index (χ3n) is 3.37. The Bertz CT molecular complexity index is 514. The summed E-state index contributed by atoms with van der Waals surface area (Å²) in [5, 5.41) is 6.92. The van der Waals surface area contributed by atoms with Gasteiger partial charge in [-0.05, 0) is 25.5 Å². The third-order valence-corrected chi connectivity index (χ3v) is 3.37. The summed E-state index contributed by atoms with van der Waals surface area (Å²) in [5.41, 5.74) is 1.69. The number of hydrogen-bond acceptors (Lipinski definition) is 4. The van der Waals surface area contributed by atoms with Gasteiger partial charge >= 0.3 is 0 Å². The minimum atomic E-state index is -0.537. The summed E-state index contributed by atoms with van der Waals surface area (Å²) in [4.78, 5) is 17.2. The monoisotopic (exact) mass is 276 g/mol. The molecule has 2 atom stereocenters. The third kappa shape index (κ3) is 3.29. The van der Waals surface area contributed by atoms with Gasteiger partial charge in [-0.3, -0.25) is 4.79 Å². The molecule has 108 valence electrons. The van der Waals surface area contributed by atoms with E-state index >= 15 is 0 Å². The van der Waals surface area contributed by atoms with Gasteiger partial charge in [0.1, 0.15) is 5.75 Å². The number of oxime groups is 1. The molecule has 1 aromatic rings. The van der Waals surface area contributed by atoms with E-state index in [1.165, 1.54) is 0 Å². The van der Waals surface area contributed by atoms with Crippen LogP contribution in [0, 0.1) is 0 Å². The van der Waals surface area contributed by atoms with Crippen LogP contribution in [0.5, 0.6) is 5.75 Å². The van der Waals surface area contributed by atoms with E-state index in [2.05, 4.69) is 10.5 Å². The number of amides is 1. The summed E-state index contributed by atoms with van der Waals surface area (Å²) in [7, 11) is 1.62. The van der Waals surface area contributed by atoms with Crippen LogP contribution < -0.4 is 10.1 Å². The standard InChI is InChI=1S/C15H20N2O3/c1-4-10(2)16-15(18)14-9-13(17-20-14)11-6-5-7-12(8-11)19-3/h5-8,10,14H,4,9H2,1-3H3,(H,16,18)/t10-,14+/m1/s1. The molecule has 1 amide bonds. The van der Waals surface area contributed by atoms with Crippen molar-refractivity contribution in [3.8, 4) is 5.75 Å². The Kier molecular flexibility index (Phi) is 4.61. The topological polar surface area (TPSA) is 59.9 Å². The summed E-state index contributed by atoms with van der Waals surface area (Å²) in [6, 6.07) is 7.72. The van der Waals surface area contributed by atoms with E-state index < -0.39 is 6.10 Å². The van der Waals surface area contributed by atoms with Crippen molar-refractivity contribution in [2.75, 3.05) is 7.11 Å². The van der Waals surface area contributed by atoms with E-state index in [1.807, 2.05) is 38.1 Å². The minimum Gasteiger partial charge on any atom is -0.497 e. The number of methoxy groups -OCH3 is 1. The number of rotatable bonds is 5. The molecule has 5 heteroatoms. The SMILES string of the molecule is CC[C@@H](C)NC(=O)[C@@H]1CC(c2cccc(OC)c2)=NO1. The van der Waals surface area contributed by atoms with Crippen LogP contribution in [0.3, 0.4) is 0 Å². The maximum atomic E-state index is 12.0. The van der Waals surface area contributed by atoms with Crippen molar-refractivity contribution in [2.24, 2.45) is 5.16 Å². The van der Waals surface area contributed by atoms with E-state index in [-0.39, 0.29) is 11.9 Å². The van der Waals surface area contributed by atoms with Crippen LogP contribution in [0.2, 0.25) is 0 Å². The molecule has 0 fully saturated rings. The molecular weight excluding hydrogens is 256 g/mol. The maximum Gasteiger partial charge on any atom is 0.264 e. The molecule has 20 heavy (non-hydrogen) atoms. The van der Waals surface area contributed by atoms with Crippen molar-refractivity contribution in [3.63, 3.8) is 0 Å². The van der Waals surface area contributed by atoms with Gasteiger partial charge in [0, 0.05) is 18.0 Å². The van der Waals surface area contributed by atoms with Crippen LogP contribution in [-0.4, -0.2) is 30.9 Å². The predicted molar refractivity (Wildman–Crippen MR) is 76.9 cm³/mol. The van der Waals surface area contributed by atoms with Gasteiger partial charge in [-0.2, -0.15) is 0 Å². The normalized spacial score (nSPS) is 18.9. The molecule has 0 saturated carbocycles. The van der Waals surface area contributed by atoms with Gasteiger partial charge in [0.25, 0.3) is 5.91 Å². The van der Waals surface area contributed by atoms with Crippen LogP contribution >= 0.6 is 0 Å². The van der Waals surface area contributed by atoms with Gasteiger partial charge < -0.3 is 14.9 Å². The lowest BCUT2D eigenvalue weighted by molar-refractivity contribution is -0.131. The van der Waals surface area contributed by atoms with E-state index in [0.717, 1.165) is 23.4 Å². The molecule has 0 saturated heterocycles. The Morgan fingerprint density at radius 3 is 3.10 bits per heavy atom. The Morgan fingerprint density at radius 1 is 1.60 bits per heavy atom. The fourth-order valence-electron chi connectivity index (χ4n) is 1.93. The Morgan fingerprint density at radius 2 is 2.40 bits per heavy atom. The van der Waals surface area contributed by atoms with Gasteiger partial charge in [0.15, 0.2) is 0 Å². The molecule has 2 rings (SSSR count). The van der Waals surface area contributed by atoms with E-state index in [9.17, 15) is 4.79 Å². The molecule has 0 radical (unpaired) electrons. The van der Waals surface area contributed by atoms with Crippen LogP contribution in [0.25, 0.3) is 0 Å². The summed E-state index contributed by atoms with van der Waals surface area (Å²) in [6.45, 7) is 4.00. The minimum absolute atomic E-state index is 0.110. The number of carbonyl (C=O) groups is 1. The highest BCUT2D eigenvalue weighted by atomic mass is 16.6. The number of benzene rings is 1. The van der Waals surface area contributed by atoms with Crippen LogP contribution in [0.4, 0.5) is 0 Å². The Labute approximate surface area is 118 Å². The molecule has 0 spiro atoms. The first kappa shape index (κ1) is 14.4. The maximum absolute atomic E-state index is 12.0. The molecule has 0 unspecified atom stereocenters. The molecule has 0 aliphatic carbocycles. The number of hydrogen-bond donors (Lipinski definition) is 1. The molecule has 1 N–H and O–H groups in total. The summed E-state index contributed by atoms with van der Waals surface area (Å²) in [6.07, 6.45) is 0.836. The summed E-state index contributed by atoms with van der Waals surface area (Å²) >= 11 is 0. The zero-order valence-corrected chi connectivity index (χ0v) is 12.1. The largest absolute Gasteiger partial charge is 0.497 e. The van der Waals surface area contributed by atoms with Crippen molar-refractivity contribution in [1.29, 1.82) is 0 Å². The lowest BCUT2D eigenvalue weighted by atomic mass is 10.0. The second-order valence-corrected chi connectivity index (χ2v) is 4.89. The molecule has 5 nitrogen and oxygen atoms in total.